The van der Waals surface area contributed by atoms with Gasteiger partial charge in [0.2, 0.25) is 0 Å². The Balaban J connectivity index is 0.000000114. The first-order chi connectivity index (χ1) is 50.0. The van der Waals surface area contributed by atoms with Crippen molar-refractivity contribution in [2.24, 2.45) is 0 Å². The van der Waals surface area contributed by atoms with Gasteiger partial charge < -0.3 is 13.3 Å². The van der Waals surface area contributed by atoms with Crippen molar-refractivity contribution < 1.29 is 13.3 Å². The van der Waals surface area contributed by atoms with Crippen LogP contribution in [-0.4, -0.2) is 0 Å². The molecule has 7 heterocycles. The Labute approximate surface area is 624 Å². The van der Waals surface area contributed by atoms with Gasteiger partial charge >= 0.3 is 0 Å². The van der Waals surface area contributed by atoms with Crippen LogP contribution in [0.5, 0.6) is 0 Å². The van der Waals surface area contributed by atoms with Crippen LogP contribution in [-0.2, 0) is 0 Å². The maximum atomic E-state index is 5.51. The molecule has 0 amide bonds. The quantitative estimate of drug-likeness (QED) is 0.160. The maximum absolute atomic E-state index is 5.51. The van der Waals surface area contributed by atoms with Crippen LogP contribution >= 0.6 is 45.3 Å². The molecule has 0 atom stereocenters. The number of fused-ring (bicyclic) bond motifs is 7. The van der Waals surface area contributed by atoms with E-state index in [0.717, 1.165) is 22.1 Å². The smallest absolute Gasteiger partial charge is 0.137 e. The number of benzene rings is 11. The molecule has 7 aromatic heterocycles. The average Bonchev–Trinajstić information content (AvgIpc) is 1.77. The van der Waals surface area contributed by atoms with Gasteiger partial charge in [0, 0.05) is 51.3 Å². The molecule has 0 radical (unpaired) electrons. The van der Waals surface area contributed by atoms with E-state index in [2.05, 4.69) is 305 Å². The van der Waals surface area contributed by atoms with Crippen molar-refractivity contribution in [2.45, 2.75) is 108 Å². The van der Waals surface area contributed by atoms with Crippen molar-refractivity contribution in [3.8, 4) is 44.5 Å². The largest absolute Gasteiger partial charge is 0.464 e. The minimum atomic E-state index is 0.564. The van der Waals surface area contributed by atoms with Crippen molar-refractivity contribution in [1.29, 1.82) is 0 Å². The molecule has 18 rings (SSSR count). The fraction of sp³-hybridized carbons (Fsp3) is 0.167. The van der Waals surface area contributed by atoms with Crippen LogP contribution in [0.1, 0.15) is 115 Å². The third-order valence-corrected chi connectivity index (χ3v) is 23.3. The first-order valence-electron chi connectivity index (χ1n) is 35.5. The third-order valence-electron chi connectivity index (χ3n) is 19.1. The van der Waals surface area contributed by atoms with E-state index in [1.165, 1.54) is 151 Å². The van der Waals surface area contributed by atoms with E-state index in [9.17, 15) is 0 Å². The molecular weight excluding hydrogens is 1330 g/mol. The molecular formula is C96H90O3S4. The van der Waals surface area contributed by atoms with Crippen molar-refractivity contribution in [3.63, 3.8) is 0 Å². The minimum absolute atomic E-state index is 0.564. The summed E-state index contributed by atoms with van der Waals surface area (Å²) in [6, 6.07) is 87.6. The summed E-state index contributed by atoms with van der Waals surface area (Å²) in [7, 11) is 0. The van der Waals surface area contributed by atoms with Crippen LogP contribution < -0.4 is 0 Å². The SMILES string of the molecule is Cc1c(-c2ccccc2)ccc2ccoc12.Cc1c(C(C)C)cc(-c2ccccc2)c2ccsc12.Cc1c(C(C)C)ccc2ccsc12.Cc1cc(-c2ccccc2)cc2ccoc12.Cc1cc(C(C)C)cc2ccsc12.Cc1ccc(-c2ccccc2)c2ccsc12.Cc1cccc2ccoc12. The zero-order chi connectivity index (χ0) is 72.1. The Hall–Kier alpha value is -10.1. The second kappa shape index (κ2) is 33.8. The topological polar surface area (TPSA) is 39.4 Å². The summed E-state index contributed by atoms with van der Waals surface area (Å²) in [5.41, 5.74) is 26.9. The standard InChI is InChI=1S/C18H18S.2C15H12O.C15H12S.2C12H14S.C9H8O/c1-12(2)16-11-17(14-7-5-4-6-8-14)15-9-10-19-18(15)13(16)3;1-11-9-14(12-5-3-2-4-6-12)10-13-7-8-16-15(11)13;1-11-14(12-5-3-2-4-6-12)8-7-13-9-10-16-15(11)13;1-11-7-8-13(12-5-3-2-4-6-12)14-9-10-16-15(11)14;1-8(2)11-6-9(3)12-10(7-11)4-5-13-12;1-8(2)11-5-4-10-6-7-13-12(10)9(11)3;1-7-3-2-4-8-5-6-10-9(7)8/h4-12H,1-3H3;3*2-10H,1H3;2*4-8H,1-3H3;2-6H,1H3. The van der Waals surface area contributed by atoms with Gasteiger partial charge in [-0.25, -0.2) is 0 Å². The zero-order valence-corrected chi connectivity index (χ0v) is 64.6. The summed E-state index contributed by atoms with van der Waals surface area (Å²) in [4.78, 5) is 0. The molecule has 0 unspecified atom stereocenters. The molecule has 0 fully saturated rings. The lowest BCUT2D eigenvalue weighted by atomic mass is 9.91. The van der Waals surface area contributed by atoms with E-state index in [-0.39, 0.29) is 0 Å². The van der Waals surface area contributed by atoms with Crippen molar-refractivity contribution >= 4 is 119 Å². The normalized spacial score (nSPS) is 11.0. The predicted molar refractivity (Wildman–Crippen MR) is 453 cm³/mol. The number of para-hydroxylation sites is 1. The predicted octanol–water partition coefficient (Wildman–Crippen LogP) is 31.1. The average molecular weight is 1420 g/mol. The lowest BCUT2D eigenvalue weighted by Crippen LogP contribution is -1.94. The Morgan fingerprint density at radius 2 is 0.738 bits per heavy atom. The molecule has 0 saturated carbocycles. The van der Waals surface area contributed by atoms with Crippen LogP contribution in [0.4, 0.5) is 0 Å². The number of hydrogen-bond donors (Lipinski definition) is 0. The molecule has 0 spiro atoms. The highest BCUT2D eigenvalue weighted by molar-refractivity contribution is 7.18. The van der Waals surface area contributed by atoms with Crippen LogP contribution in [0.3, 0.4) is 0 Å². The van der Waals surface area contributed by atoms with Gasteiger partial charge in [-0.15, -0.1) is 45.3 Å². The molecule has 0 N–H and O–H groups in total. The molecule has 3 nitrogen and oxygen atoms in total. The second-order valence-corrected chi connectivity index (χ2v) is 30.9. The van der Waals surface area contributed by atoms with E-state index in [1.54, 1.807) is 18.8 Å². The van der Waals surface area contributed by atoms with Crippen LogP contribution in [0, 0.1) is 48.5 Å². The third kappa shape index (κ3) is 17.0. The minimum Gasteiger partial charge on any atom is -0.464 e. The second-order valence-electron chi connectivity index (χ2n) is 27.2. The van der Waals surface area contributed by atoms with Gasteiger partial charge in [-0.3, -0.25) is 0 Å². The molecule has 7 heteroatoms. The number of furan rings is 3. The highest BCUT2D eigenvalue weighted by Crippen LogP contribution is 2.40. The number of aryl methyl sites for hydroxylation is 7. The summed E-state index contributed by atoms with van der Waals surface area (Å²) in [6.07, 6.45) is 5.20. The summed E-state index contributed by atoms with van der Waals surface area (Å²) >= 11 is 7.36. The lowest BCUT2D eigenvalue weighted by Gasteiger charge is -2.14. The Morgan fingerprint density at radius 3 is 1.35 bits per heavy atom. The van der Waals surface area contributed by atoms with Gasteiger partial charge in [0.25, 0.3) is 0 Å². The number of thiophene rings is 4. The number of hydrogen-bond acceptors (Lipinski definition) is 7. The molecule has 11 aromatic carbocycles. The fourth-order valence-corrected chi connectivity index (χ4v) is 17.2. The van der Waals surface area contributed by atoms with Gasteiger partial charge in [-0.1, -0.05) is 230 Å². The Bertz CT molecular complexity index is 5750. The molecule has 0 aliphatic heterocycles. The van der Waals surface area contributed by atoms with Gasteiger partial charge in [-0.2, -0.15) is 0 Å². The molecule has 0 aliphatic rings. The van der Waals surface area contributed by atoms with E-state index >= 15 is 0 Å². The maximum Gasteiger partial charge on any atom is 0.137 e. The van der Waals surface area contributed by atoms with Crippen molar-refractivity contribution in [1.82, 2.24) is 0 Å². The van der Waals surface area contributed by atoms with E-state index in [4.69, 9.17) is 13.3 Å². The van der Waals surface area contributed by atoms with Crippen molar-refractivity contribution in [2.75, 3.05) is 0 Å². The highest BCUT2D eigenvalue weighted by Gasteiger charge is 2.15. The summed E-state index contributed by atoms with van der Waals surface area (Å²) in [5, 5.41) is 17.8. The van der Waals surface area contributed by atoms with E-state index in [0.29, 0.717) is 17.8 Å². The molecule has 18 aromatic rings. The molecule has 103 heavy (non-hydrogen) atoms. The molecule has 0 bridgehead atoms. The van der Waals surface area contributed by atoms with Crippen LogP contribution in [0.2, 0.25) is 0 Å². The van der Waals surface area contributed by atoms with Crippen molar-refractivity contribution in [3.05, 3.63) is 345 Å². The Kier molecular flexibility index (Phi) is 23.8. The summed E-state index contributed by atoms with van der Waals surface area (Å²) < 4.78 is 21.9. The summed E-state index contributed by atoms with van der Waals surface area (Å²) in [5.74, 6) is 1.82. The molecule has 0 aliphatic carbocycles. The summed E-state index contributed by atoms with van der Waals surface area (Å²) in [6.45, 7) is 28.6. The van der Waals surface area contributed by atoms with E-state index < -0.39 is 0 Å². The fourth-order valence-electron chi connectivity index (χ4n) is 13.6. The number of rotatable bonds is 7. The van der Waals surface area contributed by atoms with Gasteiger partial charge in [0.15, 0.2) is 0 Å². The molecule has 516 valence electrons. The van der Waals surface area contributed by atoms with Gasteiger partial charge in [0.1, 0.15) is 16.7 Å². The van der Waals surface area contributed by atoms with Crippen LogP contribution in [0.15, 0.2) is 302 Å². The first kappa shape index (κ1) is 72.7. The highest BCUT2D eigenvalue weighted by atomic mass is 32.1. The Morgan fingerprint density at radius 1 is 0.252 bits per heavy atom. The van der Waals surface area contributed by atoms with E-state index in [1.807, 2.05) is 101 Å². The monoisotopic (exact) mass is 1420 g/mol. The van der Waals surface area contributed by atoms with Crippen LogP contribution in [0.25, 0.3) is 118 Å². The zero-order valence-electron chi connectivity index (χ0n) is 61.3. The van der Waals surface area contributed by atoms with Gasteiger partial charge in [0.05, 0.1) is 18.8 Å². The molecule has 0 saturated heterocycles. The lowest BCUT2D eigenvalue weighted by molar-refractivity contribution is 0.613. The van der Waals surface area contributed by atoms with Gasteiger partial charge in [-0.05, 0) is 254 Å². The first-order valence-corrected chi connectivity index (χ1v) is 39.0.